The van der Waals surface area contributed by atoms with Gasteiger partial charge in [-0.2, -0.15) is 5.10 Å². The van der Waals surface area contributed by atoms with Crippen molar-refractivity contribution in [1.82, 2.24) is 14.7 Å². The summed E-state index contributed by atoms with van der Waals surface area (Å²) in [7, 11) is 1.56. The van der Waals surface area contributed by atoms with E-state index < -0.39 is 24.0 Å². The molecule has 0 radical (unpaired) electrons. The number of carbonyl (C=O) groups excluding carboxylic acids is 1. The Hall–Kier alpha value is -4.40. The number of hydrogen-bond acceptors (Lipinski definition) is 5. The Bertz CT molecular complexity index is 1420. The molecule has 0 spiro atoms. The minimum Gasteiger partial charge on any atom is -0.497 e. The molecule has 2 atom stereocenters. The van der Waals surface area contributed by atoms with Crippen molar-refractivity contribution in [3.63, 3.8) is 0 Å². The third-order valence-corrected chi connectivity index (χ3v) is 6.15. The van der Waals surface area contributed by atoms with E-state index in [2.05, 4.69) is 5.10 Å². The van der Waals surface area contributed by atoms with Crippen molar-refractivity contribution in [2.45, 2.75) is 39.0 Å². The predicted molar refractivity (Wildman–Crippen MR) is 136 cm³/mol. The van der Waals surface area contributed by atoms with E-state index in [1.165, 1.54) is 17.0 Å². The molecule has 192 valence electrons. The van der Waals surface area contributed by atoms with Crippen LogP contribution < -0.4 is 9.47 Å². The van der Waals surface area contributed by atoms with Crippen LogP contribution in [0.5, 0.6) is 11.5 Å². The van der Waals surface area contributed by atoms with Crippen LogP contribution in [0.1, 0.15) is 32.4 Å². The van der Waals surface area contributed by atoms with E-state index in [0.717, 1.165) is 16.5 Å². The Balaban J connectivity index is 1.72. The lowest BCUT2D eigenvalue weighted by Gasteiger charge is -2.36. The van der Waals surface area contributed by atoms with Gasteiger partial charge in [-0.3, -0.25) is 4.79 Å². The Morgan fingerprint density at radius 1 is 1.00 bits per heavy atom. The summed E-state index contributed by atoms with van der Waals surface area (Å²) in [4.78, 5) is 25.5. The van der Waals surface area contributed by atoms with E-state index in [1.807, 2.05) is 24.3 Å². The molecular weight excluding hydrogens is 477 g/mol. The molecule has 8 nitrogen and oxygen atoms in total. The fourth-order valence-electron chi connectivity index (χ4n) is 4.43. The largest absolute Gasteiger partial charge is 0.497 e. The highest BCUT2D eigenvalue weighted by Crippen LogP contribution is 2.32. The van der Waals surface area contributed by atoms with Gasteiger partial charge in [0.2, 0.25) is 0 Å². The highest BCUT2D eigenvalue weighted by atomic mass is 19.1. The number of carbonyl (C=O) groups is 2. The first-order valence-electron chi connectivity index (χ1n) is 11.8. The molecule has 1 N–H and O–H groups in total. The highest BCUT2D eigenvalue weighted by Gasteiger charge is 2.35. The summed E-state index contributed by atoms with van der Waals surface area (Å²) in [6.07, 6.45) is 0.981. The number of carboxylic acid groups (broad SMARTS) is 1. The second-order valence-corrected chi connectivity index (χ2v) is 8.92. The number of hydrogen-bond donors (Lipinski definition) is 1. The number of amides is 1. The molecule has 0 bridgehead atoms. The lowest BCUT2D eigenvalue weighted by molar-refractivity contribution is -0.159. The maximum Gasteiger partial charge on any atom is 0.394 e. The summed E-state index contributed by atoms with van der Waals surface area (Å²) in [6, 6.07) is 17.7. The summed E-state index contributed by atoms with van der Waals surface area (Å²) < 4.78 is 26.9. The SMILES string of the molecule is COc1cccc([C@@H](Oc2ccc3c(cnn3-c3ccc(F)cc3)c2)[C@H](C)N(C(=O)C(=O)O)C(C)C)c1. The van der Waals surface area contributed by atoms with Crippen LogP contribution in [0.4, 0.5) is 4.39 Å². The van der Waals surface area contributed by atoms with Crippen LogP contribution >= 0.6 is 0 Å². The molecular formula is C28H28FN3O5. The molecule has 37 heavy (non-hydrogen) atoms. The van der Waals surface area contributed by atoms with Crippen molar-refractivity contribution in [3.8, 4) is 17.2 Å². The molecule has 9 heteroatoms. The number of aromatic nitrogens is 2. The highest BCUT2D eigenvalue weighted by molar-refractivity contribution is 6.31. The number of ether oxygens (including phenoxy) is 2. The normalized spacial score (nSPS) is 12.8. The Labute approximate surface area is 213 Å². The van der Waals surface area contributed by atoms with Gasteiger partial charge >= 0.3 is 11.9 Å². The molecule has 4 rings (SSSR count). The average Bonchev–Trinajstić information content (AvgIpc) is 3.30. The minimum atomic E-state index is -1.53. The first kappa shape index (κ1) is 25.7. The molecule has 0 saturated heterocycles. The molecule has 0 unspecified atom stereocenters. The maximum atomic E-state index is 13.4. The zero-order valence-electron chi connectivity index (χ0n) is 21.0. The number of fused-ring (bicyclic) bond motifs is 1. The molecule has 3 aromatic carbocycles. The van der Waals surface area contributed by atoms with Gasteiger partial charge in [0.1, 0.15) is 23.4 Å². The van der Waals surface area contributed by atoms with Crippen molar-refractivity contribution in [2.24, 2.45) is 0 Å². The van der Waals surface area contributed by atoms with Crippen molar-refractivity contribution in [2.75, 3.05) is 7.11 Å². The average molecular weight is 506 g/mol. The van der Waals surface area contributed by atoms with Crippen molar-refractivity contribution in [1.29, 1.82) is 0 Å². The summed E-state index contributed by atoms with van der Waals surface area (Å²) in [6.45, 7) is 5.28. The van der Waals surface area contributed by atoms with Crippen LogP contribution in [0, 0.1) is 5.82 Å². The lowest BCUT2D eigenvalue weighted by atomic mass is 10.00. The van der Waals surface area contributed by atoms with E-state index in [-0.39, 0.29) is 11.9 Å². The Kier molecular flexibility index (Phi) is 7.42. The van der Waals surface area contributed by atoms with Crippen LogP contribution in [0.2, 0.25) is 0 Å². The topological polar surface area (TPSA) is 93.9 Å². The molecule has 1 aromatic heterocycles. The van der Waals surface area contributed by atoms with Crippen LogP contribution in [0.3, 0.4) is 0 Å². The Morgan fingerprint density at radius 3 is 2.38 bits per heavy atom. The second-order valence-electron chi connectivity index (χ2n) is 8.92. The number of aliphatic carboxylic acids is 1. The standard InChI is InChI=1S/C28H28FN3O5/c1-17(2)31(27(33)28(34)35)18(3)26(19-6-5-7-23(14-19)36-4)37-24-12-13-25-20(15-24)16-30-32(25)22-10-8-21(29)9-11-22/h5-18,26H,1-4H3,(H,34,35)/t18-,26-/m0/s1. The zero-order chi connectivity index (χ0) is 26.7. The first-order chi connectivity index (χ1) is 17.7. The van der Waals surface area contributed by atoms with Crippen molar-refractivity contribution >= 4 is 22.8 Å². The number of halogens is 1. The molecule has 0 aliphatic carbocycles. The van der Waals surface area contributed by atoms with Crippen LogP contribution in [-0.2, 0) is 9.59 Å². The van der Waals surface area contributed by atoms with Gasteiger partial charge < -0.3 is 19.5 Å². The minimum absolute atomic E-state index is 0.328. The molecule has 4 aromatic rings. The molecule has 0 aliphatic rings. The number of benzene rings is 3. The quantitative estimate of drug-likeness (QED) is 0.339. The molecule has 1 heterocycles. The third kappa shape index (κ3) is 5.40. The number of rotatable bonds is 8. The van der Waals surface area contributed by atoms with Crippen molar-refractivity contribution < 1.29 is 28.6 Å². The van der Waals surface area contributed by atoms with Crippen LogP contribution in [0.15, 0.2) is 72.9 Å². The first-order valence-corrected chi connectivity index (χ1v) is 11.8. The Morgan fingerprint density at radius 2 is 1.73 bits per heavy atom. The number of carboxylic acids is 1. The van der Waals surface area contributed by atoms with Crippen molar-refractivity contribution in [3.05, 3.63) is 84.3 Å². The fourth-order valence-corrected chi connectivity index (χ4v) is 4.43. The zero-order valence-corrected chi connectivity index (χ0v) is 21.0. The van der Waals surface area contributed by atoms with Gasteiger partial charge in [0.15, 0.2) is 0 Å². The number of methoxy groups -OCH3 is 1. The van der Waals surface area contributed by atoms with E-state index in [0.29, 0.717) is 17.2 Å². The van der Waals surface area contributed by atoms with Gasteiger partial charge in [-0.15, -0.1) is 0 Å². The second kappa shape index (κ2) is 10.7. The lowest BCUT2D eigenvalue weighted by Crippen LogP contribution is -2.50. The van der Waals surface area contributed by atoms with Crippen LogP contribution in [-0.4, -0.2) is 50.9 Å². The summed E-state index contributed by atoms with van der Waals surface area (Å²) in [5, 5.41) is 14.6. The van der Waals surface area contributed by atoms with E-state index in [1.54, 1.807) is 69.1 Å². The van der Waals surface area contributed by atoms with Gasteiger partial charge in [0, 0.05) is 11.4 Å². The van der Waals surface area contributed by atoms with Gasteiger partial charge in [0.05, 0.1) is 30.6 Å². The summed E-state index contributed by atoms with van der Waals surface area (Å²) in [5.74, 6) is -1.74. The van der Waals surface area contributed by atoms with Gasteiger partial charge in [0.25, 0.3) is 0 Å². The molecule has 1 amide bonds. The van der Waals surface area contributed by atoms with Gasteiger partial charge in [-0.1, -0.05) is 12.1 Å². The van der Waals surface area contributed by atoms with Gasteiger partial charge in [-0.05, 0) is 80.9 Å². The maximum absolute atomic E-state index is 13.4. The van der Waals surface area contributed by atoms with E-state index in [4.69, 9.17) is 9.47 Å². The van der Waals surface area contributed by atoms with Crippen LogP contribution in [0.25, 0.3) is 16.6 Å². The smallest absolute Gasteiger partial charge is 0.394 e. The predicted octanol–water partition coefficient (Wildman–Crippen LogP) is 5.00. The summed E-state index contributed by atoms with van der Waals surface area (Å²) in [5.41, 5.74) is 2.24. The van der Waals surface area contributed by atoms with Gasteiger partial charge in [-0.25, -0.2) is 13.9 Å². The molecule has 0 saturated carbocycles. The van der Waals surface area contributed by atoms with E-state index >= 15 is 0 Å². The molecule has 0 aliphatic heterocycles. The number of nitrogens with zero attached hydrogens (tertiary/aromatic N) is 3. The molecule has 0 fully saturated rings. The third-order valence-electron chi connectivity index (χ3n) is 6.15. The fraction of sp³-hybridized carbons (Fsp3) is 0.250. The summed E-state index contributed by atoms with van der Waals surface area (Å²) >= 11 is 0. The monoisotopic (exact) mass is 505 g/mol. The van der Waals surface area contributed by atoms with E-state index in [9.17, 15) is 19.1 Å².